The van der Waals surface area contributed by atoms with Crippen LogP contribution >= 0.6 is 0 Å². The molecule has 8 aromatic rings. The second kappa shape index (κ2) is 13.5. The van der Waals surface area contributed by atoms with Gasteiger partial charge in [0, 0.05) is 50.8 Å². The molecule has 3 nitrogen and oxygen atoms in total. The zero-order valence-corrected chi connectivity index (χ0v) is 32.6. The van der Waals surface area contributed by atoms with Gasteiger partial charge in [-0.05, 0) is 113 Å². The van der Waals surface area contributed by atoms with E-state index < -0.39 is 0 Å². The number of anilines is 6. The first-order chi connectivity index (χ1) is 28.5. The van der Waals surface area contributed by atoms with Crippen LogP contribution < -0.4 is 14.5 Å². The minimum Gasteiger partial charge on any atom is -0.457 e. The van der Waals surface area contributed by atoms with Crippen LogP contribution in [0.5, 0.6) is 11.5 Å². The fourth-order valence-electron chi connectivity index (χ4n) is 9.68. The molecule has 2 aliphatic carbocycles. The Kier molecular flexibility index (Phi) is 7.97. The summed E-state index contributed by atoms with van der Waals surface area (Å²) in [6, 6.07) is 67.9. The van der Waals surface area contributed by atoms with Gasteiger partial charge < -0.3 is 14.5 Å². The Balaban J connectivity index is 1.09. The van der Waals surface area contributed by atoms with Gasteiger partial charge in [0.05, 0.1) is 11.4 Å². The first-order valence-corrected chi connectivity index (χ1v) is 20.3. The number of benzene rings is 8. The van der Waals surface area contributed by atoms with Crippen LogP contribution in [0.1, 0.15) is 54.0 Å². The van der Waals surface area contributed by atoms with Crippen molar-refractivity contribution in [1.29, 1.82) is 0 Å². The Bertz CT molecular complexity index is 2820. The van der Waals surface area contributed by atoms with Gasteiger partial charge in [-0.1, -0.05) is 141 Å². The maximum Gasteiger partial charge on any atom is 0.133 e. The number of hydrogen-bond donors (Lipinski definition) is 0. The minimum atomic E-state index is -0.133. The molecule has 3 heteroatoms. The first kappa shape index (κ1) is 34.2. The molecule has 1 heterocycles. The Hall–Kier alpha value is -7.10. The van der Waals surface area contributed by atoms with E-state index in [1.165, 1.54) is 50.1 Å². The summed E-state index contributed by atoms with van der Waals surface area (Å²) in [5.41, 5.74) is 18.0. The molecule has 0 saturated carbocycles. The van der Waals surface area contributed by atoms with Gasteiger partial charge in [-0.2, -0.15) is 0 Å². The molecule has 0 aromatic heterocycles. The third-order valence-electron chi connectivity index (χ3n) is 12.4. The van der Waals surface area contributed by atoms with Crippen molar-refractivity contribution in [2.45, 2.75) is 31.6 Å². The van der Waals surface area contributed by atoms with Gasteiger partial charge in [0.15, 0.2) is 0 Å². The molecule has 3 aliphatic rings. The lowest BCUT2D eigenvalue weighted by Crippen LogP contribution is -2.21. The number of nitrogens with zero attached hydrogens (tertiary/aromatic N) is 2. The van der Waals surface area contributed by atoms with Crippen LogP contribution in [0, 0.1) is 0 Å². The van der Waals surface area contributed by atoms with Crippen LogP contribution in [0.4, 0.5) is 34.1 Å². The highest BCUT2D eigenvalue weighted by atomic mass is 16.5. The number of para-hydroxylation sites is 2. The van der Waals surface area contributed by atoms with Gasteiger partial charge in [0.25, 0.3) is 0 Å². The monoisotopic (exact) mass is 746 g/mol. The molecule has 0 saturated heterocycles. The number of fused-ring (bicyclic) bond motifs is 5. The van der Waals surface area contributed by atoms with Crippen LogP contribution in [0.15, 0.2) is 194 Å². The third kappa shape index (κ3) is 5.42. The molecule has 0 N–H and O–H groups in total. The lowest BCUT2D eigenvalue weighted by molar-refractivity contribution is 0.445. The summed E-state index contributed by atoms with van der Waals surface area (Å²) in [6.07, 6.45) is 5.54. The van der Waals surface area contributed by atoms with E-state index in [0.717, 1.165) is 52.0 Å². The molecule has 278 valence electrons. The third-order valence-corrected chi connectivity index (χ3v) is 12.4. The maximum atomic E-state index is 6.98. The lowest BCUT2D eigenvalue weighted by atomic mass is 9.78. The van der Waals surface area contributed by atoms with Crippen LogP contribution in [0.3, 0.4) is 0 Å². The topological polar surface area (TPSA) is 15.7 Å². The maximum absolute atomic E-state index is 6.98. The number of allylic oxidation sites excluding steroid dienone is 1. The highest BCUT2D eigenvalue weighted by Gasteiger charge is 2.38. The van der Waals surface area contributed by atoms with Crippen molar-refractivity contribution in [2.75, 3.05) is 9.80 Å². The van der Waals surface area contributed by atoms with Gasteiger partial charge >= 0.3 is 0 Å². The van der Waals surface area contributed by atoms with Crippen molar-refractivity contribution in [2.24, 2.45) is 0 Å². The Morgan fingerprint density at radius 1 is 0.466 bits per heavy atom. The molecular weight excluding hydrogens is 705 g/mol. The number of hydrogen-bond acceptors (Lipinski definition) is 3. The van der Waals surface area contributed by atoms with E-state index in [1.54, 1.807) is 0 Å². The van der Waals surface area contributed by atoms with E-state index in [-0.39, 0.29) is 11.3 Å². The van der Waals surface area contributed by atoms with Crippen molar-refractivity contribution < 1.29 is 4.74 Å². The Morgan fingerprint density at radius 2 is 1.05 bits per heavy atom. The van der Waals surface area contributed by atoms with Crippen molar-refractivity contribution >= 4 is 40.2 Å². The summed E-state index contributed by atoms with van der Waals surface area (Å²) in [5, 5.41) is 0. The fourth-order valence-corrected chi connectivity index (χ4v) is 9.68. The molecule has 0 bridgehead atoms. The summed E-state index contributed by atoms with van der Waals surface area (Å²) in [4.78, 5) is 4.83. The molecule has 0 fully saturated rings. The summed E-state index contributed by atoms with van der Waals surface area (Å²) in [6.45, 7) is 4.72. The number of rotatable bonds is 7. The molecule has 1 aliphatic heterocycles. The largest absolute Gasteiger partial charge is 0.457 e. The van der Waals surface area contributed by atoms with Crippen molar-refractivity contribution in [3.8, 4) is 33.8 Å². The van der Waals surface area contributed by atoms with Gasteiger partial charge in [-0.15, -0.1) is 0 Å². The van der Waals surface area contributed by atoms with E-state index in [9.17, 15) is 0 Å². The first-order valence-electron chi connectivity index (χ1n) is 20.3. The molecular formula is C55H42N2O. The Labute approximate surface area is 340 Å². The normalized spacial score (nSPS) is 15.0. The van der Waals surface area contributed by atoms with E-state index in [1.807, 2.05) is 0 Å². The average Bonchev–Trinajstić information content (AvgIpc) is 3.51. The van der Waals surface area contributed by atoms with Crippen LogP contribution in [0.25, 0.3) is 28.3 Å². The summed E-state index contributed by atoms with van der Waals surface area (Å²) < 4.78 is 6.98. The van der Waals surface area contributed by atoms with Crippen LogP contribution in [0.2, 0.25) is 0 Å². The second-order valence-corrected chi connectivity index (χ2v) is 16.0. The average molecular weight is 747 g/mol. The zero-order valence-electron chi connectivity index (χ0n) is 32.6. The van der Waals surface area contributed by atoms with Crippen molar-refractivity contribution in [1.82, 2.24) is 0 Å². The molecule has 8 aromatic carbocycles. The van der Waals surface area contributed by atoms with Crippen LogP contribution in [-0.2, 0) is 5.41 Å². The molecule has 1 atom stereocenters. The fraction of sp³-hybridized carbons (Fsp3) is 0.0909. The van der Waals surface area contributed by atoms with Gasteiger partial charge in [-0.3, -0.25) is 0 Å². The predicted octanol–water partition coefficient (Wildman–Crippen LogP) is 15.3. The van der Waals surface area contributed by atoms with Gasteiger partial charge in [-0.25, -0.2) is 0 Å². The van der Waals surface area contributed by atoms with E-state index in [2.05, 4.69) is 224 Å². The Morgan fingerprint density at radius 3 is 1.79 bits per heavy atom. The molecule has 58 heavy (non-hydrogen) atoms. The van der Waals surface area contributed by atoms with E-state index in [4.69, 9.17) is 4.74 Å². The highest BCUT2D eigenvalue weighted by molar-refractivity contribution is 5.90. The van der Waals surface area contributed by atoms with Crippen molar-refractivity contribution in [3.63, 3.8) is 0 Å². The van der Waals surface area contributed by atoms with Gasteiger partial charge in [0.2, 0.25) is 0 Å². The van der Waals surface area contributed by atoms with E-state index >= 15 is 0 Å². The lowest BCUT2D eigenvalue weighted by Gasteiger charge is -2.38. The highest BCUT2D eigenvalue weighted by Crippen LogP contribution is 2.57. The summed E-state index contributed by atoms with van der Waals surface area (Å²) >= 11 is 0. The molecule has 0 spiro atoms. The standard InChI is InChI=1S/C55H42N2O/c1-55(2)47-25-13-12-22-43(47)44-33-32-42(36-48(44)55)57(41-30-28-38(29-31-41)37-16-6-3-7-17-37)50-26-15-27-51-54(50)46-24-14-23-45-49(34-35-52(58-51)53(45)46)56(39-18-8-4-9-19-39)40-20-10-5-11-21-40/h3-23,25-36,46H,24H2,1-2H3. The van der Waals surface area contributed by atoms with E-state index in [0.29, 0.717) is 0 Å². The second-order valence-electron chi connectivity index (χ2n) is 16.0. The predicted molar refractivity (Wildman–Crippen MR) is 241 cm³/mol. The summed E-state index contributed by atoms with van der Waals surface area (Å²) in [7, 11) is 0. The number of ether oxygens (including phenoxy) is 1. The smallest absolute Gasteiger partial charge is 0.133 e. The van der Waals surface area contributed by atoms with Crippen LogP contribution in [-0.4, -0.2) is 0 Å². The molecule has 1 unspecified atom stereocenters. The SMILES string of the molecule is CC1(C)c2ccccc2-c2ccc(N(c3ccc(-c4ccccc4)cc3)c3cccc4c3C3CC=Cc5c(N(c6ccccc6)c6ccccc6)ccc(c53)O4)cc21. The van der Waals surface area contributed by atoms with Crippen molar-refractivity contribution in [3.05, 3.63) is 222 Å². The quantitative estimate of drug-likeness (QED) is 0.162. The minimum absolute atomic E-state index is 0.0875. The molecule has 11 rings (SSSR count). The molecule has 0 radical (unpaired) electrons. The summed E-state index contributed by atoms with van der Waals surface area (Å²) in [5.74, 6) is 1.92. The molecule has 0 amide bonds. The van der Waals surface area contributed by atoms with Gasteiger partial charge in [0.1, 0.15) is 11.5 Å². The zero-order chi connectivity index (χ0) is 38.8.